The fourth-order valence-corrected chi connectivity index (χ4v) is 3.29. The predicted octanol–water partition coefficient (Wildman–Crippen LogP) is 4.26. The first-order valence-corrected chi connectivity index (χ1v) is 9.48. The van der Waals surface area contributed by atoms with Crippen LogP contribution in [0.2, 0.25) is 0 Å². The number of nitrogens with one attached hydrogen (secondary N) is 1. The Kier molecular flexibility index (Phi) is 11.1. The Morgan fingerprint density at radius 1 is 1.20 bits per heavy atom. The molecule has 0 saturated carbocycles. The summed E-state index contributed by atoms with van der Waals surface area (Å²) in [7, 11) is 0. The Labute approximate surface area is 170 Å². The molecule has 1 atom stereocenters. The number of hydrogen-bond acceptors (Lipinski definition) is 2. The van der Waals surface area contributed by atoms with Gasteiger partial charge in [0.1, 0.15) is 0 Å². The highest BCUT2D eigenvalue weighted by molar-refractivity contribution is 14.0. The Hall–Kier alpha value is -0.820. The first kappa shape index (κ1) is 22.2. The van der Waals surface area contributed by atoms with Gasteiger partial charge in [-0.25, -0.2) is 0 Å². The van der Waals surface area contributed by atoms with E-state index < -0.39 is 0 Å². The van der Waals surface area contributed by atoms with Crippen LogP contribution < -0.4 is 5.32 Å². The molecule has 5 heteroatoms. The van der Waals surface area contributed by atoms with Gasteiger partial charge < -0.3 is 15.0 Å². The number of rotatable bonds is 7. The van der Waals surface area contributed by atoms with Crippen LogP contribution in [-0.4, -0.2) is 49.7 Å². The van der Waals surface area contributed by atoms with Crippen LogP contribution in [0.25, 0.3) is 0 Å². The molecule has 2 rings (SSSR count). The van der Waals surface area contributed by atoms with Gasteiger partial charge in [-0.1, -0.05) is 37.3 Å². The largest absolute Gasteiger partial charge is 0.378 e. The van der Waals surface area contributed by atoms with Crippen molar-refractivity contribution in [3.05, 3.63) is 35.9 Å². The number of halogens is 1. The lowest BCUT2D eigenvalue weighted by atomic mass is 9.97. The van der Waals surface area contributed by atoms with E-state index in [9.17, 15) is 0 Å². The van der Waals surface area contributed by atoms with Gasteiger partial charge in [-0.2, -0.15) is 0 Å². The molecule has 0 aromatic heterocycles. The van der Waals surface area contributed by atoms with E-state index >= 15 is 0 Å². The highest BCUT2D eigenvalue weighted by atomic mass is 127. The van der Waals surface area contributed by atoms with E-state index in [2.05, 4.69) is 61.3 Å². The van der Waals surface area contributed by atoms with Gasteiger partial charge in [0.15, 0.2) is 5.96 Å². The van der Waals surface area contributed by atoms with Gasteiger partial charge in [-0.05, 0) is 38.7 Å². The summed E-state index contributed by atoms with van der Waals surface area (Å²) in [5.74, 6) is 1.54. The average molecular weight is 459 g/mol. The number of hydrogen-bond donors (Lipinski definition) is 1. The number of nitrogens with zero attached hydrogens (tertiary/aromatic N) is 2. The topological polar surface area (TPSA) is 36.9 Å². The summed E-state index contributed by atoms with van der Waals surface area (Å²) < 4.78 is 5.76. The Balaban J connectivity index is 0.00000312. The molecule has 1 N–H and O–H groups in total. The van der Waals surface area contributed by atoms with Gasteiger partial charge in [-0.3, -0.25) is 4.99 Å². The molecule has 1 saturated heterocycles. The van der Waals surface area contributed by atoms with Gasteiger partial charge in [0.05, 0.1) is 6.10 Å². The Morgan fingerprint density at radius 3 is 2.44 bits per heavy atom. The maximum atomic E-state index is 5.76. The maximum absolute atomic E-state index is 5.76. The van der Waals surface area contributed by atoms with E-state index in [1.165, 1.54) is 5.56 Å². The van der Waals surface area contributed by atoms with Crippen molar-refractivity contribution in [2.75, 3.05) is 32.8 Å². The SMILES string of the molecule is CCNC(=NCC(CC)c1ccccc1)N1CCC(OCC)CC1.I. The highest BCUT2D eigenvalue weighted by Crippen LogP contribution is 2.20. The van der Waals surface area contributed by atoms with Crippen molar-refractivity contribution in [3.63, 3.8) is 0 Å². The molecule has 1 unspecified atom stereocenters. The van der Waals surface area contributed by atoms with Gasteiger partial charge in [0, 0.05) is 38.7 Å². The maximum Gasteiger partial charge on any atom is 0.193 e. The van der Waals surface area contributed by atoms with Crippen LogP contribution >= 0.6 is 24.0 Å². The van der Waals surface area contributed by atoms with Crippen LogP contribution in [0.3, 0.4) is 0 Å². The Morgan fingerprint density at radius 2 is 1.88 bits per heavy atom. The van der Waals surface area contributed by atoms with E-state index in [0.717, 1.165) is 58.0 Å². The van der Waals surface area contributed by atoms with Gasteiger partial charge in [-0.15, -0.1) is 24.0 Å². The molecule has 25 heavy (non-hydrogen) atoms. The third-order valence-corrected chi connectivity index (χ3v) is 4.70. The van der Waals surface area contributed by atoms with E-state index in [1.807, 2.05) is 0 Å². The first-order valence-electron chi connectivity index (χ1n) is 9.48. The van der Waals surface area contributed by atoms with Crippen LogP contribution in [-0.2, 0) is 4.74 Å². The minimum Gasteiger partial charge on any atom is -0.378 e. The minimum atomic E-state index is 0. The minimum absolute atomic E-state index is 0. The summed E-state index contributed by atoms with van der Waals surface area (Å²) in [4.78, 5) is 7.33. The molecule has 0 bridgehead atoms. The van der Waals surface area contributed by atoms with Crippen LogP contribution in [0.5, 0.6) is 0 Å². The number of benzene rings is 1. The molecule has 142 valence electrons. The molecular formula is C20H34IN3O. The van der Waals surface area contributed by atoms with Crippen LogP contribution in [0.1, 0.15) is 51.5 Å². The summed E-state index contributed by atoms with van der Waals surface area (Å²) in [6.07, 6.45) is 3.71. The molecule has 0 amide bonds. The lowest BCUT2D eigenvalue weighted by Crippen LogP contribution is -2.47. The van der Waals surface area contributed by atoms with E-state index in [-0.39, 0.29) is 24.0 Å². The molecule has 0 spiro atoms. The fourth-order valence-electron chi connectivity index (χ4n) is 3.29. The fraction of sp³-hybridized carbons (Fsp3) is 0.650. The van der Waals surface area contributed by atoms with Crippen molar-refractivity contribution in [2.45, 2.75) is 52.1 Å². The second-order valence-corrected chi connectivity index (χ2v) is 6.35. The molecular weight excluding hydrogens is 425 g/mol. The first-order chi connectivity index (χ1) is 11.8. The predicted molar refractivity (Wildman–Crippen MR) is 117 cm³/mol. The second-order valence-electron chi connectivity index (χ2n) is 6.35. The zero-order valence-electron chi connectivity index (χ0n) is 15.9. The summed E-state index contributed by atoms with van der Waals surface area (Å²) in [6.45, 7) is 11.1. The lowest BCUT2D eigenvalue weighted by molar-refractivity contribution is 0.0263. The Bertz CT molecular complexity index is 487. The summed E-state index contributed by atoms with van der Waals surface area (Å²) >= 11 is 0. The molecule has 0 aliphatic carbocycles. The molecule has 0 radical (unpaired) electrons. The van der Waals surface area contributed by atoms with Crippen LogP contribution in [0.15, 0.2) is 35.3 Å². The van der Waals surface area contributed by atoms with Crippen LogP contribution in [0, 0.1) is 0 Å². The van der Waals surface area contributed by atoms with E-state index in [0.29, 0.717) is 12.0 Å². The normalized spacial score (nSPS) is 17.1. The quantitative estimate of drug-likeness (QED) is 0.376. The number of guanidine groups is 1. The standard InChI is InChI=1S/C20H33N3O.HI/c1-4-17(18-10-8-7-9-11-18)16-22-20(21-5-2)23-14-12-19(13-15-23)24-6-3;/h7-11,17,19H,4-6,12-16H2,1-3H3,(H,21,22);1H. The zero-order valence-corrected chi connectivity index (χ0v) is 18.2. The molecule has 1 aliphatic heterocycles. The molecule has 4 nitrogen and oxygen atoms in total. The number of aliphatic imine (C=N–C) groups is 1. The van der Waals surface area contributed by atoms with E-state index in [1.54, 1.807) is 0 Å². The van der Waals surface area contributed by atoms with Crippen molar-refractivity contribution >= 4 is 29.9 Å². The van der Waals surface area contributed by atoms with Crippen molar-refractivity contribution in [3.8, 4) is 0 Å². The van der Waals surface area contributed by atoms with Gasteiger partial charge >= 0.3 is 0 Å². The summed E-state index contributed by atoms with van der Waals surface area (Å²) in [5, 5.41) is 3.47. The van der Waals surface area contributed by atoms with E-state index in [4.69, 9.17) is 9.73 Å². The molecule has 1 heterocycles. The molecule has 1 aromatic carbocycles. The second kappa shape index (κ2) is 12.5. The monoisotopic (exact) mass is 459 g/mol. The lowest BCUT2D eigenvalue weighted by Gasteiger charge is -2.34. The smallest absolute Gasteiger partial charge is 0.193 e. The molecule has 1 aliphatic rings. The van der Waals surface area contributed by atoms with Crippen molar-refractivity contribution in [2.24, 2.45) is 4.99 Å². The van der Waals surface area contributed by atoms with Gasteiger partial charge in [0.25, 0.3) is 0 Å². The number of piperidine rings is 1. The molecule has 1 fully saturated rings. The highest BCUT2D eigenvalue weighted by Gasteiger charge is 2.21. The third-order valence-electron chi connectivity index (χ3n) is 4.70. The number of likely N-dealkylation sites (tertiary alicyclic amines) is 1. The summed E-state index contributed by atoms with van der Waals surface area (Å²) in [5.41, 5.74) is 1.38. The van der Waals surface area contributed by atoms with Gasteiger partial charge in [0.2, 0.25) is 0 Å². The molecule has 1 aromatic rings. The van der Waals surface area contributed by atoms with Crippen molar-refractivity contribution < 1.29 is 4.74 Å². The zero-order chi connectivity index (χ0) is 17.2. The van der Waals surface area contributed by atoms with Crippen molar-refractivity contribution in [1.29, 1.82) is 0 Å². The van der Waals surface area contributed by atoms with Crippen LogP contribution in [0.4, 0.5) is 0 Å². The summed E-state index contributed by atoms with van der Waals surface area (Å²) in [6, 6.07) is 10.7. The van der Waals surface area contributed by atoms with Crippen molar-refractivity contribution in [1.82, 2.24) is 10.2 Å². The third kappa shape index (κ3) is 7.13. The number of ether oxygens (including phenoxy) is 1. The average Bonchev–Trinajstić information content (AvgIpc) is 2.63.